The molecule has 0 saturated heterocycles. The fraction of sp³-hybridized carbons (Fsp3) is 0.278. The van der Waals surface area contributed by atoms with E-state index >= 15 is 0 Å². The van der Waals surface area contributed by atoms with Gasteiger partial charge in [0.1, 0.15) is 6.61 Å². The van der Waals surface area contributed by atoms with Crippen molar-refractivity contribution in [2.75, 3.05) is 0 Å². The number of rotatable bonds is 7. The highest BCUT2D eigenvalue weighted by atomic mass is 31.2. The molecule has 2 aromatic rings. The molecule has 134 valence electrons. The quantitative estimate of drug-likeness (QED) is 0.573. The van der Waals surface area contributed by atoms with Crippen molar-refractivity contribution in [1.29, 1.82) is 0 Å². The Morgan fingerprint density at radius 2 is 1.56 bits per heavy atom. The summed E-state index contributed by atoms with van der Waals surface area (Å²) in [5, 5.41) is -1.08. The average Bonchev–Trinajstić information content (AvgIpc) is 2.59. The highest BCUT2D eigenvalue weighted by Gasteiger charge is 2.42. The van der Waals surface area contributed by atoms with Crippen molar-refractivity contribution in [1.82, 2.24) is 5.48 Å². The molecular formula is C18H22NO5P. The third-order valence-corrected chi connectivity index (χ3v) is 5.74. The molecule has 0 aliphatic carbocycles. The minimum atomic E-state index is -4.12. The van der Waals surface area contributed by atoms with Crippen LogP contribution >= 0.6 is 7.60 Å². The molecule has 7 heteroatoms. The highest BCUT2D eigenvalue weighted by Crippen LogP contribution is 2.55. The molecule has 0 bridgehead atoms. The van der Waals surface area contributed by atoms with E-state index < -0.39 is 18.8 Å². The van der Waals surface area contributed by atoms with Crippen molar-refractivity contribution >= 4 is 13.7 Å². The van der Waals surface area contributed by atoms with Crippen molar-refractivity contribution in [3.63, 3.8) is 0 Å². The van der Waals surface area contributed by atoms with Crippen LogP contribution in [0.2, 0.25) is 0 Å². The van der Waals surface area contributed by atoms with Crippen LogP contribution in [0, 0.1) is 0 Å². The molecule has 0 aliphatic rings. The highest BCUT2D eigenvalue weighted by molar-refractivity contribution is 7.54. The zero-order valence-corrected chi connectivity index (χ0v) is 15.1. The maximum Gasteiger partial charge on any atom is 0.432 e. The van der Waals surface area contributed by atoms with E-state index in [0.29, 0.717) is 6.42 Å². The summed E-state index contributed by atoms with van der Waals surface area (Å²) in [6.07, 6.45) is -0.601. The summed E-state index contributed by atoms with van der Waals surface area (Å²) in [4.78, 5) is 21.9. The van der Waals surface area contributed by atoms with Gasteiger partial charge in [-0.1, -0.05) is 60.7 Å². The Morgan fingerprint density at radius 3 is 2.12 bits per heavy atom. The van der Waals surface area contributed by atoms with Crippen LogP contribution in [0.15, 0.2) is 60.7 Å². The van der Waals surface area contributed by atoms with Gasteiger partial charge < -0.3 is 9.63 Å². The normalized spacial score (nSPS) is 13.7. The van der Waals surface area contributed by atoms with Crippen LogP contribution in [0.4, 0.5) is 4.79 Å². The van der Waals surface area contributed by atoms with Crippen LogP contribution in [-0.4, -0.2) is 16.1 Å². The van der Waals surface area contributed by atoms with Gasteiger partial charge in [0.05, 0.1) is 5.16 Å². The molecule has 1 atom stereocenters. The molecule has 2 aromatic carbocycles. The van der Waals surface area contributed by atoms with Gasteiger partial charge in [-0.15, -0.1) is 0 Å². The molecule has 6 nitrogen and oxygen atoms in total. The molecule has 1 amide bonds. The first-order chi connectivity index (χ1) is 11.8. The second-order valence-electron chi connectivity index (χ2n) is 6.25. The molecule has 0 aliphatic heterocycles. The number of hydroxylamine groups is 1. The third-order valence-electron chi connectivity index (χ3n) is 3.71. The molecule has 25 heavy (non-hydrogen) atoms. The molecule has 0 fully saturated rings. The molecule has 2 N–H and O–H groups in total. The van der Waals surface area contributed by atoms with Crippen molar-refractivity contribution < 1.29 is 23.6 Å². The van der Waals surface area contributed by atoms with E-state index in [2.05, 4.69) is 0 Å². The maximum absolute atomic E-state index is 12.5. The molecule has 0 saturated carbocycles. The zero-order chi connectivity index (χ0) is 18.3. The number of carbonyl (C=O) groups is 1. The number of nitrogens with one attached hydrogen (secondary N) is 1. The SMILES string of the molecule is CC(C)(Cc1ccccc1)P(=O)(O)ONC(=O)OCc1ccccc1. The molecule has 1 unspecified atom stereocenters. The summed E-state index contributed by atoms with van der Waals surface area (Å²) in [5.41, 5.74) is 3.61. The van der Waals surface area contributed by atoms with Crippen LogP contribution in [-0.2, 0) is 27.0 Å². The number of hydrogen-bond donors (Lipinski definition) is 2. The Morgan fingerprint density at radius 1 is 1.04 bits per heavy atom. The summed E-state index contributed by atoms with van der Waals surface area (Å²) in [7, 11) is -4.12. The molecule has 2 rings (SSSR count). The summed E-state index contributed by atoms with van der Waals surface area (Å²) in [6, 6.07) is 18.4. The van der Waals surface area contributed by atoms with E-state index in [1.54, 1.807) is 26.0 Å². The van der Waals surface area contributed by atoms with Gasteiger partial charge >= 0.3 is 13.7 Å². The van der Waals surface area contributed by atoms with Gasteiger partial charge in [-0.2, -0.15) is 10.1 Å². The van der Waals surface area contributed by atoms with Gasteiger partial charge in [-0.3, -0.25) is 4.57 Å². The lowest BCUT2D eigenvalue weighted by molar-refractivity contribution is 0.0852. The minimum Gasteiger partial charge on any atom is -0.443 e. The largest absolute Gasteiger partial charge is 0.443 e. The van der Waals surface area contributed by atoms with Gasteiger partial charge in [0.15, 0.2) is 0 Å². The smallest absolute Gasteiger partial charge is 0.432 e. The van der Waals surface area contributed by atoms with E-state index in [-0.39, 0.29) is 6.61 Å². The van der Waals surface area contributed by atoms with Crippen molar-refractivity contribution in [2.24, 2.45) is 0 Å². The average molecular weight is 363 g/mol. The van der Waals surface area contributed by atoms with Gasteiger partial charge in [0, 0.05) is 0 Å². The van der Waals surface area contributed by atoms with Crippen molar-refractivity contribution in [3.05, 3.63) is 71.8 Å². The standard InChI is InChI=1S/C18H22NO5P/c1-18(2,13-15-9-5-3-6-10-15)25(21,22)24-19-17(20)23-14-16-11-7-4-8-12-16/h3-12H,13-14H2,1-2H3,(H,19,20)(H,21,22). The third kappa shape index (κ3) is 5.71. The number of hydrogen-bond acceptors (Lipinski definition) is 4. The van der Waals surface area contributed by atoms with Gasteiger partial charge in [0.2, 0.25) is 0 Å². The maximum atomic E-state index is 12.5. The van der Waals surface area contributed by atoms with E-state index in [4.69, 9.17) is 9.36 Å². The summed E-state index contributed by atoms with van der Waals surface area (Å²) in [5.74, 6) is 0. The monoisotopic (exact) mass is 363 g/mol. The topological polar surface area (TPSA) is 84.9 Å². The Bertz CT molecular complexity index is 734. The second-order valence-corrected chi connectivity index (χ2v) is 8.68. The van der Waals surface area contributed by atoms with Gasteiger partial charge in [-0.05, 0) is 31.4 Å². The lowest BCUT2D eigenvalue weighted by atomic mass is 10.0. The number of carbonyl (C=O) groups excluding carboxylic acids is 1. The summed E-state index contributed by atoms with van der Waals surface area (Å²) in [6.45, 7) is 3.26. The number of benzene rings is 2. The fourth-order valence-corrected chi connectivity index (χ4v) is 3.00. The Balaban J connectivity index is 1.87. The lowest BCUT2D eigenvalue weighted by Gasteiger charge is -2.28. The van der Waals surface area contributed by atoms with Crippen LogP contribution in [0.3, 0.4) is 0 Å². The van der Waals surface area contributed by atoms with E-state index in [1.807, 2.05) is 54.0 Å². The van der Waals surface area contributed by atoms with E-state index in [9.17, 15) is 14.3 Å². The summed E-state index contributed by atoms with van der Waals surface area (Å²) < 4.78 is 22.2. The predicted octanol–water partition coefficient (Wildman–Crippen LogP) is 4.05. The van der Waals surface area contributed by atoms with Crippen molar-refractivity contribution in [2.45, 2.75) is 32.0 Å². The fourth-order valence-electron chi connectivity index (χ4n) is 2.17. The Hall–Kier alpha value is -2.14. The Labute approximate surface area is 147 Å². The zero-order valence-electron chi connectivity index (χ0n) is 14.2. The first kappa shape index (κ1) is 19.2. The number of amides is 1. The van der Waals surface area contributed by atoms with E-state index in [1.165, 1.54) is 0 Å². The molecular weight excluding hydrogens is 341 g/mol. The minimum absolute atomic E-state index is 0.0408. The molecule has 0 aromatic heterocycles. The summed E-state index contributed by atoms with van der Waals surface area (Å²) >= 11 is 0. The molecule has 0 radical (unpaired) electrons. The van der Waals surface area contributed by atoms with Crippen molar-refractivity contribution in [3.8, 4) is 0 Å². The predicted molar refractivity (Wildman–Crippen MR) is 94.9 cm³/mol. The van der Waals surface area contributed by atoms with Crippen LogP contribution in [0.1, 0.15) is 25.0 Å². The second kappa shape index (κ2) is 8.30. The first-order valence-electron chi connectivity index (χ1n) is 7.82. The molecule has 0 spiro atoms. The molecule has 0 heterocycles. The van der Waals surface area contributed by atoms with Crippen LogP contribution < -0.4 is 5.48 Å². The van der Waals surface area contributed by atoms with Crippen LogP contribution in [0.25, 0.3) is 0 Å². The van der Waals surface area contributed by atoms with Crippen LogP contribution in [0.5, 0.6) is 0 Å². The number of ether oxygens (including phenoxy) is 1. The lowest BCUT2D eigenvalue weighted by Crippen LogP contribution is -2.31. The van der Waals surface area contributed by atoms with Gasteiger partial charge in [-0.25, -0.2) is 4.79 Å². The Kier molecular flexibility index (Phi) is 6.37. The van der Waals surface area contributed by atoms with E-state index in [0.717, 1.165) is 11.1 Å². The first-order valence-corrected chi connectivity index (χ1v) is 9.40. The van der Waals surface area contributed by atoms with Gasteiger partial charge in [0.25, 0.3) is 0 Å².